The summed E-state index contributed by atoms with van der Waals surface area (Å²) in [5, 5.41) is 2.25. The Morgan fingerprint density at radius 3 is 2.44 bits per heavy atom. The molecule has 1 aromatic carbocycles. The number of hydrogen-bond donors (Lipinski definition) is 1. The van der Waals surface area contributed by atoms with E-state index < -0.39 is 11.2 Å². The normalized spacial score (nSPS) is 18.1. The molecule has 6 nitrogen and oxygen atoms in total. The number of hydrogen-bond acceptors (Lipinski definition) is 5. The Kier molecular flexibility index (Phi) is 7.71. The molecule has 1 heterocycles. The van der Waals surface area contributed by atoms with Gasteiger partial charge in [0.1, 0.15) is 0 Å². The standard InChI is InChI=1S/C20H28N2O4S/c1-5-13(3)22(14(4)6-2)18(23)12-26-19(24)11-17-20(25)21-15-9-7-8-10-16(15)27-17/h7-10,13-14,17H,5-6,11-12H2,1-4H3,(H,21,25)/t13-,14-,17-/m1/s1. The van der Waals surface area contributed by atoms with Crippen molar-refractivity contribution >= 4 is 35.2 Å². The molecule has 148 valence electrons. The third-order valence-corrected chi connectivity index (χ3v) is 6.11. The summed E-state index contributed by atoms with van der Waals surface area (Å²) >= 11 is 1.34. The fourth-order valence-corrected chi connectivity index (χ4v) is 4.07. The predicted octanol–water partition coefficient (Wildman–Crippen LogP) is 3.46. The molecule has 1 aromatic rings. The molecule has 0 saturated heterocycles. The topological polar surface area (TPSA) is 75.7 Å². The van der Waals surface area contributed by atoms with Crippen molar-refractivity contribution in [2.24, 2.45) is 0 Å². The van der Waals surface area contributed by atoms with Crippen LogP contribution < -0.4 is 5.32 Å². The Morgan fingerprint density at radius 1 is 1.19 bits per heavy atom. The Balaban J connectivity index is 1.90. The van der Waals surface area contributed by atoms with Crippen LogP contribution in [0.3, 0.4) is 0 Å². The lowest BCUT2D eigenvalue weighted by atomic mass is 10.1. The van der Waals surface area contributed by atoms with Gasteiger partial charge in [0.15, 0.2) is 6.61 Å². The number of fused-ring (bicyclic) bond motifs is 1. The second kappa shape index (κ2) is 9.78. The number of anilines is 1. The van der Waals surface area contributed by atoms with Gasteiger partial charge in [-0.15, -0.1) is 11.8 Å². The molecule has 2 amide bonds. The van der Waals surface area contributed by atoms with Crippen LogP contribution in [-0.2, 0) is 19.1 Å². The molecule has 1 aliphatic rings. The van der Waals surface area contributed by atoms with E-state index in [0.29, 0.717) is 0 Å². The summed E-state index contributed by atoms with van der Waals surface area (Å²) in [6.45, 7) is 7.74. The van der Waals surface area contributed by atoms with Crippen molar-refractivity contribution in [3.63, 3.8) is 0 Å². The van der Waals surface area contributed by atoms with E-state index in [1.807, 2.05) is 52.0 Å². The lowest BCUT2D eigenvalue weighted by molar-refractivity contribution is -0.154. The molecule has 0 fully saturated rings. The van der Waals surface area contributed by atoms with E-state index in [9.17, 15) is 14.4 Å². The van der Waals surface area contributed by atoms with Gasteiger partial charge in [-0.2, -0.15) is 0 Å². The minimum absolute atomic E-state index is 0.0647. The second-order valence-electron chi connectivity index (χ2n) is 6.77. The molecule has 1 aliphatic heterocycles. The molecule has 27 heavy (non-hydrogen) atoms. The number of benzene rings is 1. The number of esters is 1. The van der Waals surface area contributed by atoms with E-state index in [4.69, 9.17) is 4.74 Å². The first kappa shape index (κ1) is 21.3. The molecule has 0 unspecified atom stereocenters. The van der Waals surface area contributed by atoms with Crippen LogP contribution >= 0.6 is 11.8 Å². The summed E-state index contributed by atoms with van der Waals surface area (Å²) in [4.78, 5) is 39.6. The van der Waals surface area contributed by atoms with Gasteiger partial charge < -0.3 is 15.0 Å². The van der Waals surface area contributed by atoms with Gasteiger partial charge in [-0.05, 0) is 38.8 Å². The van der Waals surface area contributed by atoms with Crippen LogP contribution in [0.4, 0.5) is 5.69 Å². The van der Waals surface area contributed by atoms with E-state index >= 15 is 0 Å². The van der Waals surface area contributed by atoms with Crippen LogP contribution in [0.2, 0.25) is 0 Å². The van der Waals surface area contributed by atoms with Gasteiger partial charge in [0, 0.05) is 17.0 Å². The predicted molar refractivity (Wildman–Crippen MR) is 107 cm³/mol. The molecule has 0 spiro atoms. The monoisotopic (exact) mass is 392 g/mol. The Bertz CT molecular complexity index is 684. The Labute approximate surface area is 165 Å². The molecule has 7 heteroatoms. The highest BCUT2D eigenvalue weighted by molar-refractivity contribution is 8.01. The zero-order valence-electron chi connectivity index (χ0n) is 16.4. The number of amides is 2. The van der Waals surface area contributed by atoms with Gasteiger partial charge in [-0.3, -0.25) is 14.4 Å². The molecule has 3 atom stereocenters. The highest BCUT2D eigenvalue weighted by Gasteiger charge is 2.30. The third-order valence-electron chi connectivity index (χ3n) is 4.83. The average molecular weight is 393 g/mol. The van der Waals surface area contributed by atoms with Gasteiger partial charge in [-0.1, -0.05) is 26.0 Å². The zero-order valence-corrected chi connectivity index (χ0v) is 17.2. The van der Waals surface area contributed by atoms with Crippen molar-refractivity contribution in [2.75, 3.05) is 11.9 Å². The number of nitrogens with zero attached hydrogens (tertiary/aromatic N) is 1. The quantitative estimate of drug-likeness (QED) is 0.686. The van der Waals surface area contributed by atoms with Crippen molar-refractivity contribution in [2.45, 2.75) is 69.2 Å². The number of para-hydroxylation sites is 1. The van der Waals surface area contributed by atoms with Crippen molar-refractivity contribution in [1.29, 1.82) is 0 Å². The maximum absolute atomic E-state index is 12.5. The largest absolute Gasteiger partial charge is 0.456 e. The number of carbonyl (C=O) groups excluding carboxylic acids is 3. The highest BCUT2D eigenvalue weighted by atomic mass is 32.2. The SMILES string of the molecule is CC[C@@H](C)N(C(=O)COC(=O)C[C@H]1Sc2ccccc2NC1=O)[C@H](C)CC. The zero-order chi connectivity index (χ0) is 20.0. The summed E-state index contributed by atoms with van der Waals surface area (Å²) in [5.41, 5.74) is 0.755. The minimum atomic E-state index is -0.553. The van der Waals surface area contributed by atoms with Crippen LogP contribution in [0.15, 0.2) is 29.2 Å². The Hall–Kier alpha value is -2.02. The summed E-state index contributed by atoms with van der Waals surface area (Å²) in [5.74, 6) is -0.954. The summed E-state index contributed by atoms with van der Waals surface area (Å²) in [7, 11) is 0. The molecule has 0 radical (unpaired) electrons. The molecule has 0 bridgehead atoms. The van der Waals surface area contributed by atoms with Crippen molar-refractivity contribution in [1.82, 2.24) is 4.90 Å². The lowest BCUT2D eigenvalue weighted by Crippen LogP contribution is -2.46. The molecular formula is C20H28N2O4S. The van der Waals surface area contributed by atoms with Gasteiger partial charge >= 0.3 is 5.97 Å². The van der Waals surface area contributed by atoms with E-state index in [2.05, 4.69) is 5.32 Å². The first-order valence-corrected chi connectivity index (χ1v) is 10.3. The van der Waals surface area contributed by atoms with E-state index in [1.165, 1.54) is 11.8 Å². The van der Waals surface area contributed by atoms with Crippen molar-refractivity contribution in [3.8, 4) is 0 Å². The second-order valence-corrected chi connectivity index (χ2v) is 8.02. The Morgan fingerprint density at radius 2 is 1.81 bits per heavy atom. The van der Waals surface area contributed by atoms with Crippen LogP contribution in [0, 0.1) is 0 Å². The number of ether oxygens (including phenoxy) is 1. The maximum Gasteiger partial charge on any atom is 0.307 e. The van der Waals surface area contributed by atoms with Crippen LogP contribution in [0.25, 0.3) is 0 Å². The first-order valence-electron chi connectivity index (χ1n) is 9.40. The van der Waals surface area contributed by atoms with Crippen LogP contribution in [-0.4, -0.2) is 46.6 Å². The number of rotatable bonds is 8. The van der Waals surface area contributed by atoms with Gasteiger partial charge in [0.05, 0.1) is 17.4 Å². The molecule has 0 aromatic heterocycles. The minimum Gasteiger partial charge on any atom is -0.456 e. The lowest BCUT2D eigenvalue weighted by Gasteiger charge is -2.33. The smallest absolute Gasteiger partial charge is 0.307 e. The highest BCUT2D eigenvalue weighted by Crippen LogP contribution is 2.36. The molecule has 1 N–H and O–H groups in total. The van der Waals surface area contributed by atoms with Crippen molar-refractivity contribution < 1.29 is 19.1 Å². The van der Waals surface area contributed by atoms with Crippen LogP contribution in [0.5, 0.6) is 0 Å². The first-order chi connectivity index (χ1) is 12.9. The fraction of sp³-hybridized carbons (Fsp3) is 0.550. The number of thioether (sulfide) groups is 1. The van der Waals surface area contributed by atoms with E-state index in [1.54, 1.807) is 4.90 Å². The average Bonchev–Trinajstić information content (AvgIpc) is 2.66. The summed E-state index contributed by atoms with van der Waals surface area (Å²) in [6, 6.07) is 7.63. The van der Waals surface area contributed by atoms with E-state index in [0.717, 1.165) is 23.4 Å². The molecular weight excluding hydrogens is 364 g/mol. The molecule has 2 rings (SSSR count). The molecule has 0 aliphatic carbocycles. The number of nitrogens with one attached hydrogen (secondary N) is 1. The fourth-order valence-electron chi connectivity index (χ4n) is 2.97. The maximum atomic E-state index is 12.5. The van der Waals surface area contributed by atoms with E-state index in [-0.39, 0.29) is 36.9 Å². The van der Waals surface area contributed by atoms with Gasteiger partial charge in [-0.25, -0.2) is 0 Å². The van der Waals surface area contributed by atoms with Gasteiger partial charge in [0.25, 0.3) is 5.91 Å². The third kappa shape index (κ3) is 5.48. The van der Waals surface area contributed by atoms with Gasteiger partial charge in [0.2, 0.25) is 5.91 Å². The number of carbonyl (C=O) groups is 3. The van der Waals surface area contributed by atoms with Crippen molar-refractivity contribution in [3.05, 3.63) is 24.3 Å². The van der Waals surface area contributed by atoms with Crippen LogP contribution in [0.1, 0.15) is 47.0 Å². The summed E-state index contributed by atoms with van der Waals surface area (Å²) < 4.78 is 5.19. The molecule has 0 saturated carbocycles. The summed E-state index contributed by atoms with van der Waals surface area (Å²) in [6.07, 6.45) is 1.61.